The van der Waals surface area contributed by atoms with Crippen molar-refractivity contribution < 1.29 is 23.5 Å². The average Bonchev–Trinajstić information content (AvgIpc) is 3.56. The summed E-state index contributed by atoms with van der Waals surface area (Å²) in [5.74, 6) is 2.48. The summed E-state index contributed by atoms with van der Waals surface area (Å²) in [4.78, 5) is 0. The molecule has 6 nitrogen and oxygen atoms in total. The minimum atomic E-state index is -0.430. The minimum Gasteiger partial charge on any atom is -0.361 e. The van der Waals surface area contributed by atoms with Gasteiger partial charge in [0.25, 0.3) is 0 Å². The molecule has 0 aromatic carbocycles. The summed E-state index contributed by atoms with van der Waals surface area (Å²) in [5, 5.41) is 4.24. The second-order valence-electron chi connectivity index (χ2n) is 10.6. The predicted molar refractivity (Wildman–Crippen MR) is 113 cm³/mol. The third kappa shape index (κ3) is 2.74. The van der Waals surface area contributed by atoms with Crippen LogP contribution < -0.4 is 0 Å². The van der Waals surface area contributed by atoms with Crippen molar-refractivity contribution in [2.75, 3.05) is 26.4 Å². The molecule has 5 aliphatic rings. The molecule has 2 aliphatic heterocycles. The number of fused-ring (bicyclic) bond motifs is 4. The Hall–Kier alpha value is -0.950. The Bertz CT molecular complexity index is 804. The van der Waals surface area contributed by atoms with Gasteiger partial charge in [-0.15, -0.1) is 0 Å². The Kier molecular flexibility index (Phi) is 4.84. The summed E-state index contributed by atoms with van der Waals surface area (Å²) >= 11 is 0. The quantitative estimate of drug-likeness (QED) is 0.699. The largest absolute Gasteiger partial charge is 0.361 e. The molecule has 6 heteroatoms. The van der Waals surface area contributed by atoms with Gasteiger partial charge in [-0.05, 0) is 70.1 Å². The van der Waals surface area contributed by atoms with E-state index in [4.69, 9.17) is 23.5 Å². The fraction of sp³-hybridized carbons (Fsp3) is 0.880. The molecule has 2 spiro atoms. The van der Waals surface area contributed by atoms with Crippen molar-refractivity contribution in [2.24, 2.45) is 29.1 Å². The molecule has 0 radical (unpaired) electrons. The molecular weight excluding hydrogens is 394 g/mol. The van der Waals surface area contributed by atoms with Crippen LogP contribution in [0.3, 0.4) is 0 Å². The Morgan fingerprint density at radius 2 is 1.58 bits per heavy atom. The van der Waals surface area contributed by atoms with Gasteiger partial charge in [-0.3, -0.25) is 0 Å². The Balaban J connectivity index is 1.35. The second kappa shape index (κ2) is 7.28. The molecule has 5 atom stereocenters. The number of rotatable bonds is 3. The topological polar surface area (TPSA) is 63.0 Å². The van der Waals surface area contributed by atoms with Crippen molar-refractivity contribution in [3.63, 3.8) is 0 Å². The van der Waals surface area contributed by atoms with Crippen molar-refractivity contribution in [2.45, 2.75) is 83.7 Å². The van der Waals surface area contributed by atoms with E-state index in [1.54, 1.807) is 0 Å². The van der Waals surface area contributed by atoms with Crippen molar-refractivity contribution in [1.29, 1.82) is 0 Å². The molecule has 0 bridgehead atoms. The first-order valence-corrected chi connectivity index (χ1v) is 12.5. The summed E-state index contributed by atoms with van der Waals surface area (Å²) in [6.07, 6.45) is 8.93. The summed E-state index contributed by atoms with van der Waals surface area (Å²) < 4.78 is 31.1. The molecule has 2 saturated heterocycles. The maximum Gasteiger partial charge on any atom is 0.174 e. The number of hydrogen-bond acceptors (Lipinski definition) is 6. The Morgan fingerprint density at radius 1 is 0.871 bits per heavy atom. The van der Waals surface area contributed by atoms with E-state index in [1.807, 2.05) is 6.92 Å². The summed E-state index contributed by atoms with van der Waals surface area (Å²) in [6.45, 7) is 9.39. The lowest BCUT2D eigenvalue weighted by Gasteiger charge is -2.58. The average molecular weight is 432 g/mol. The van der Waals surface area contributed by atoms with Gasteiger partial charge in [0.2, 0.25) is 0 Å². The SMILES string of the molecule is CC[C@]12CCC3C(CCC4(OCCO4)C3Cc3c(C)noc3C)[C@@H]1CCC21OCCO1. The van der Waals surface area contributed by atoms with Gasteiger partial charge >= 0.3 is 0 Å². The fourth-order valence-electron chi connectivity index (χ4n) is 8.63. The van der Waals surface area contributed by atoms with E-state index in [9.17, 15) is 0 Å². The van der Waals surface area contributed by atoms with Crippen molar-refractivity contribution in [3.8, 4) is 0 Å². The van der Waals surface area contributed by atoms with Crippen LogP contribution in [0.4, 0.5) is 0 Å². The van der Waals surface area contributed by atoms with Gasteiger partial charge in [0.15, 0.2) is 11.6 Å². The first-order valence-electron chi connectivity index (χ1n) is 12.5. The van der Waals surface area contributed by atoms with Crippen molar-refractivity contribution in [1.82, 2.24) is 5.16 Å². The summed E-state index contributed by atoms with van der Waals surface area (Å²) in [7, 11) is 0. The van der Waals surface area contributed by atoms with Crippen LogP contribution in [0, 0.1) is 42.9 Å². The molecule has 6 rings (SSSR count). The van der Waals surface area contributed by atoms with Crippen LogP contribution in [0.2, 0.25) is 0 Å². The molecule has 1 aromatic heterocycles. The molecule has 31 heavy (non-hydrogen) atoms. The van der Waals surface area contributed by atoms with Crippen LogP contribution in [0.1, 0.15) is 68.9 Å². The molecule has 5 fully saturated rings. The maximum atomic E-state index is 6.41. The standard InChI is InChI=1S/C25H37NO5/c1-4-23-8-5-19-18(21(23)7-10-25(23)29-13-14-30-25)6-9-24(27-11-12-28-24)22(19)15-20-16(2)26-31-17(20)3/h18-19,21-22H,4-15H2,1-3H3/t18?,19?,21-,22?,23-/m0/s1. The monoisotopic (exact) mass is 431 g/mol. The molecule has 3 unspecified atom stereocenters. The van der Waals surface area contributed by atoms with Gasteiger partial charge in [0.05, 0.1) is 32.1 Å². The van der Waals surface area contributed by atoms with E-state index in [2.05, 4.69) is 19.0 Å². The van der Waals surface area contributed by atoms with E-state index in [0.717, 1.165) is 50.4 Å². The number of hydrogen-bond donors (Lipinski definition) is 0. The number of aromatic nitrogens is 1. The molecule has 0 N–H and O–H groups in total. The zero-order valence-corrected chi connectivity index (χ0v) is 19.3. The van der Waals surface area contributed by atoms with Gasteiger partial charge in [0, 0.05) is 29.7 Å². The third-order valence-corrected chi connectivity index (χ3v) is 9.92. The zero-order chi connectivity index (χ0) is 21.3. The summed E-state index contributed by atoms with van der Waals surface area (Å²) in [5.41, 5.74) is 2.43. The first-order chi connectivity index (χ1) is 15.0. The van der Waals surface area contributed by atoms with Crippen LogP contribution in [0.5, 0.6) is 0 Å². The zero-order valence-electron chi connectivity index (χ0n) is 19.3. The van der Waals surface area contributed by atoms with E-state index in [0.29, 0.717) is 36.9 Å². The highest BCUT2D eigenvalue weighted by Crippen LogP contribution is 2.68. The van der Waals surface area contributed by atoms with Crippen LogP contribution in [-0.4, -0.2) is 43.2 Å². The predicted octanol–water partition coefficient (Wildman–Crippen LogP) is 4.56. The van der Waals surface area contributed by atoms with Gasteiger partial charge in [-0.2, -0.15) is 0 Å². The number of ether oxygens (including phenoxy) is 4. The van der Waals surface area contributed by atoms with Gasteiger partial charge in [0.1, 0.15) is 5.76 Å². The highest BCUT2D eigenvalue weighted by Gasteiger charge is 2.68. The van der Waals surface area contributed by atoms with Crippen molar-refractivity contribution >= 4 is 0 Å². The molecule has 3 aliphatic carbocycles. The third-order valence-electron chi connectivity index (χ3n) is 9.92. The first kappa shape index (κ1) is 20.6. The lowest BCUT2D eigenvalue weighted by molar-refractivity contribution is -0.274. The van der Waals surface area contributed by atoms with E-state index >= 15 is 0 Å². The molecular formula is C25H37NO5. The second-order valence-corrected chi connectivity index (χ2v) is 10.6. The minimum absolute atomic E-state index is 0.167. The van der Waals surface area contributed by atoms with Gasteiger partial charge in [-0.25, -0.2) is 0 Å². The Labute approximate surface area is 185 Å². The molecule has 0 amide bonds. The van der Waals surface area contributed by atoms with E-state index in [-0.39, 0.29) is 11.2 Å². The van der Waals surface area contributed by atoms with Crippen molar-refractivity contribution in [3.05, 3.63) is 17.0 Å². The van der Waals surface area contributed by atoms with Crippen LogP contribution in [0.15, 0.2) is 4.52 Å². The smallest absolute Gasteiger partial charge is 0.174 e. The molecule has 3 saturated carbocycles. The number of nitrogens with zero attached hydrogens (tertiary/aromatic N) is 1. The summed E-state index contributed by atoms with van der Waals surface area (Å²) in [6, 6.07) is 0. The highest BCUT2D eigenvalue weighted by molar-refractivity contribution is 5.23. The Morgan fingerprint density at radius 3 is 2.26 bits per heavy atom. The van der Waals surface area contributed by atoms with E-state index in [1.165, 1.54) is 31.2 Å². The van der Waals surface area contributed by atoms with Crippen LogP contribution >= 0.6 is 0 Å². The fourth-order valence-corrected chi connectivity index (χ4v) is 8.63. The normalized spacial score (nSPS) is 40.5. The van der Waals surface area contributed by atoms with E-state index < -0.39 is 5.79 Å². The lowest BCUT2D eigenvalue weighted by Crippen LogP contribution is -2.58. The van der Waals surface area contributed by atoms with Crippen LogP contribution in [-0.2, 0) is 25.4 Å². The molecule has 172 valence electrons. The van der Waals surface area contributed by atoms with Gasteiger partial charge in [-0.1, -0.05) is 12.1 Å². The lowest BCUT2D eigenvalue weighted by atomic mass is 9.50. The maximum absolute atomic E-state index is 6.41. The molecule has 3 heterocycles. The number of aryl methyl sites for hydroxylation is 2. The highest BCUT2D eigenvalue weighted by atomic mass is 16.7. The van der Waals surface area contributed by atoms with Crippen LogP contribution in [0.25, 0.3) is 0 Å². The molecule has 1 aromatic rings. The van der Waals surface area contributed by atoms with Gasteiger partial charge < -0.3 is 23.5 Å².